The Balaban J connectivity index is 1.67. The van der Waals surface area contributed by atoms with E-state index in [2.05, 4.69) is 22.2 Å². The van der Waals surface area contributed by atoms with E-state index < -0.39 is 0 Å². The van der Waals surface area contributed by atoms with Crippen LogP contribution in [0.2, 0.25) is 0 Å². The lowest BCUT2D eigenvalue weighted by atomic mass is 9.98. The van der Waals surface area contributed by atoms with Crippen LogP contribution in [0, 0.1) is 5.82 Å². The summed E-state index contributed by atoms with van der Waals surface area (Å²) in [6.45, 7) is 0. The number of fused-ring (bicyclic) bond motifs is 2. The summed E-state index contributed by atoms with van der Waals surface area (Å²) < 4.78 is 13.0. The smallest absolute Gasteiger partial charge is 0.143 e. The highest BCUT2D eigenvalue weighted by Gasteiger charge is 2.38. The molecule has 1 aromatic rings. The number of hydrogen-bond donors (Lipinski definition) is 1. The molecule has 1 aromatic heterocycles. The highest BCUT2D eigenvalue weighted by Crippen LogP contribution is 2.35. The van der Waals surface area contributed by atoms with Gasteiger partial charge in [0.25, 0.3) is 0 Å². The van der Waals surface area contributed by atoms with Crippen molar-refractivity contribution in [2.24, 2.45) is 0 Å². The maximum absolute atomic E-state index is 13.0. The van der Waals surface area contributed by atoms with E-state index in [9.17, 15) is 4.39 Å². The minimum Gasteiger partial charge on any atom is -0.381 e. The summed E-state index contributed by atoms with van der Waals surface area (Å²) in [5.41, 5.74) is 0.805. The van der Waals surface area contributed by atoms with Crippen molar-refractivity contribution in [1.82, 2.24) is 9.88 Å². The average molecular weight is 235 g/mol. The van der Waals surface area contributed by atoms with Crippen LogP contribution in [0.15, 0.2) is 18.5 Å². The highest BCUT2D eigenvalue weighted by molar-refractivity contribution is 5.41. The summed E-state index contributed by atoms with van der Waals surface area (Å²) in [5.74, 6) is -0.272. The zero-order valence-corrected chi connectivity index (χ0v) is 10.1. The largest absolute Gasteiger partial charge is 0.381 e. The van der Waals surface area contributed by atoms with E-state index >= 15 is 0 Å². The fourth-order valence-electron chi connectivity index (χ4n) is 3.26. The van der Waals surface area contributed by atoms with Crippen molar-refractivity contribution in [3.05, 3.63) is 24.3 Å². The van der Waals surface area contributed by atoms with Crippen LogP contribution in [0.5, 0.6) is 0 Å². The van der Waals surface area contributed by atoms with Crippen molar-refractivity contribution in [3.63, 3.8) is 0 Å². The van der Waals surface area contributed by atoms with Gasteiger partial charge in [0, 0.05) is 24.2 Å². The Hall–Kier alpha value is -1.16. The van der Waals surface area contributed by atoms with Crippen molar-refractivity contribution in [3.8, 4) is 0 Å². The van der Waals surface area contributed by atoms with Gasteiger partial charge in [0.05, 0.1) is 18.1 Å². The van der Waals surface area contributed by atoms with Crippen LogP contribution in [0.3, 0.4) is 0 Å². The van der Waals surface area contributed by atoms with Crippen molar-refractivity contribution >= 4 is 5.69 Å². The third-order valence-corrected chi connectivity index (χ3v) is 4.17. The zero-order chi connectivity index (χ0) is 11.8. The Morgan fingerprint density at radius 2 is 2.00 bits per heavy atom. The Kier molecular flexibility index (Phi) is 2.74. The molecule has 2 bridgehead atoms. The molecule has 3 heterocycles. The predicted molar refractivity (Wildman–Crippen MR) is 65.4 cm³/mol. The molecule has 3 nitrogen and oxygen atoms in total. The number of anilines is 1. The minimum atomic E-state index is -0.272. The summed E-state index contributed by atoms with van der Waals surface area (Å²) in [6, 6.07) is 3.39. The fourth-order valence-corrected chi connectivity index (χ4v) is 3.26. The molecular formula is C13H18FN3. The summed E-state index contributed by atoms with van der Waals surface area (Å²) >= 11 is 0. The fraction of sp³-hybridized carbons (Fsp3) is 0.615. The molecular weight excluding hydrogens is 217 g/mol. The third kappa shape index (κ3) is 2.14. The molecule has 0 spiro atoms. The van der Waals surface area contributed by atoms with Crippen LogP contribution in [0.25, 0.3) is 0 Å². The van der Waals surface area contributed by atoms with E-state index in [0.717, 1.165) is 18.5 Å². The van der Waals surface area contributed by atoms with Crippen molar-refractivity contribution in [1.29, 1.82) is 0 Å². The molecule has 1 N–H and O–H groups in total. The van der Waals surface area contributed by atoms with Gasteiger partial charge >= 0.3 is 0 Å². The summed E-state index contributed by atoms with van der Waals surface area (Å²) in [7, 11) is 2.22. The van der Waals surface area contributed by atoms with Crippen LogP contribution in [-0.2, 0) is 0 Å². The van der Waals surface area contributed by atoms with Crippen molar-refractivity contribution in [2.75, 3.05) is 12.4 Å². The van der Waals surface area contributed by atoms with Crippen LogP contribution in [0.4, 0.5) is 10.1 Å². The van der Waals surface area contributed by atoms with Gasteiger partial charge in [-0.1, -0.05) is 0 Å². The molecule has 2 aliphatic rings. The molecule has 17 heavy (non-hydrogen) atoms. The van der Waals surface area contributed by atoms with Gasteiger partial charge in [-0.15, -0.1) is 0 Å². The van der Waals surface area contributed by atoms with Gasteiger partial charge in [-0.25, -0.2) is 4.39 Å². The Labute approximate surface area is 101 Å². The van der Waals surface area contributed by atoms with Gasteiger partial charge in [-0.3, -0.25) is 4.98 Å². The SMILES string of the molecule is CN1C2CCC1CC(Nc1cncc(F)c1)C2. The average Bonchev–Trinajstić information content (AvgIpc) is 2.52. The minimum absolute atomic E-state index is 0.272. The molecule has 0 aliphatic carbocycles. The maximum atomic E-state index is 13.0. The lowest BCUT2D eigenvalue weighted by Gasteiger charge is -2.37. The number of nitrogens with one attached hydrogen (secondary N) is 1. The number of nitrogens with zero attached hydrogens (tertiary/aromatic N) is 2. The highest BCUT2D eigenvalue weighted by atomic mass is 19.1. The van der Waals surface area contributed by atoms with E-state index in [0.29, 0.717) is 18.1 Å². The van der Waals surface area contributed by atoms with E-state index in [1.54, 1.807) is 6.20 Å². The summed E-state index contributed by atoms with van der Waals surface area (Å²) in [4.78, 5) is 6.37. The molecule has 0 amide bonds. The molecule has 4 heteroatoms. The van der Waals surface area contributed by atoms with Crippen LogP contribution < -0.4 is 5.32 Å². The molecule has 0 aromatic carbocycles. The van der Waals surface area contributed by atoms with Gasteiger partial charge in [-0.2, -0.15) is 0 Å². The van der Waals surface area contributed by atoms with Gasteiger partial charge in [0.1, 0.15) is 5.82 Å². The summed E-state index contributed by atoms with van der Waals surface area (Å²) in [5, 5.41) is 3.41. The van der Waals surface area contributed by atoms with Crippen molar-refractivity contribution < 1.29 is 4.39 Å². The number of pyridine rings is 1. The lowest BCUT2D eigenvalue weighted by Crippen LogP contribution is -2.44. The Morgan fingerprint density at radius 3 is 2.65 bits per heavy atom. The number of hydrogen-bond acceptors (Lipinski definition) is 3. The second kappa shape index (κ2) is 4.26. The monoisotopic (exact) mass is 235 g/mol. The first-order valence-electron chi connectivity index (χ1n) is 6.31. The van der Waals surface area contributed by atoms with E-state index in [1.807, 2.05) is 0 Å². The Morgan fingerprint density at radius 1 is 1.29 bits per heavy atom. The second-order valence-electron chi connectivity index (χ2n) is 5.25. The quantitative estimate of drug-likeness (QED) is 0.852. The maximum Gasteiger partial charge on any atom is 0.143 e. The number of aromatic nitrogens is 1. The van der Waals surface area contributed by atoms with Crippen LogP contribution in [0.1, 0.15) is 25.7 Å². The standard InChI is InChI=1S/C13H18FN3/c1-17-12-2-3-13(17)6-10(5-12)16-11-4-9(14)7-15-8-11/h4,7-8,10,12-13,16H,2-3,5-6H2,1H3. The van der Waals surface area contributed by atoms with E-state index in [-0.39, 0.29) is 5.82 Å². The first-order chi connectivity index (χ1) is 8.22. The predicted octanol–water partition coefficient (Wildman–Crippen LogP) is 2.26. The molecule has 2 unspecified atom stereocenters. The second-order valence-corrected chi connectivity index (χ2v) is 5.25. The van der Waals surface area contributed by atoms with E-state index in [4.69, 9.17) is 0 Å². The normalized spacial score (nSPS) is 32.7. The van der Waals surface area contributed by atoms with Crippen molar-refractivity contribution in [2.45, 2.75) is 43.8 Å². The van der Waals surface area contributed by atoms with Crippen LogP contribution >= 0.6 is 0 Å². The molecule has 92 valence electrons. The molecule has 2 fully saturated rings. The first kappa shape index (κ1) is 11.0. The topological polar surface area (TPSA) is 28.2 Å². The molecule has 0 saturated carbocycles. The molecule has 2 atom stereocenters. The van der Waals surface area contributed by atoms with Gasteiger partial charge in [-0.05, 0) is 32.7 Å². The van der Waals surface area contributed by atoms with Crippen LogP contribution in [-0.4, -0.2) is 35.1 Å². The number of piperidine rings is 1. The van der Waals surface area contributed by atoms with Gasteiger partial charge in [0.2, 0.25) is 0 Å². The third-order valence-electron chi connectivity index (χ3n) is 4.17. The molecule has 2 aliphatic heterocycles. The van der Waals surface area contributed by atoms with Gasteiger partial charge in [0.15, 0.2) is 0 Å². The number of halogens is 1. The Bertz CT molecular complexity index is 395. The molecule has 3 rings (SSSR count). The molecule has 0 radical (unpaired) electrons. The zero-order valence-electron chi connectivity index (χ0n) is 10.1. The number of rotatable bonds is 2. The van der Waals surface area contributed by atoms with E-state index in [1.165, 1.54) is 25.1 Å². The summed E-state index contributed by atoms with van der Waals surface area (Å²) in [6.07, 6.45) is 7.86. The van der Waals surface area contributed by atoms with Gasteiger partial charge < -0.3 is 10.2 Å². The molecule has 2 saturated heterocycles. The lowest BCUT2D eigenvalue weighted by molar-refractivity contribution is 0.169. The first-order valence-corrected chi connectivity index (χ1v) is 6.31.